The van der Waals surface area contributed by atoms with Crippen LogP contribution in [0.1, 0.15) is 11.1 Å². The van der Waals surface area contributed by atoms with E-state index in [4.69, 9.17) is 10.5 Å². The molecule has 22 heavy (non-hydrogen) atoms. The average molecular weight is 328 g/mol. The van der Waals surface area contributed by atoms with Crippen LogP contribution in [0.15, 0.2) is 54.6 Å². The monoisotopic (exact) mass is 327 g/mol. The summed E-state index contributed by atoms with van der Waals surface area (Å²) in [5.41, 5.74) is 7.13. The van der Waals surface area contributed by atoms with E-state index in [1.54, 1.807) is 42.5 Å². The van der Waals surface area contributed by atoms with E-state index in [0.717, 1.165) is 12.0 Å². The van der Waals surface area contributed by atoms with E-state index in [-0.39, 0.29) is 18.8 Å². The lowest BCUT2D eigenvalue weighted by molar-refractivity contribution is -0.0400. The number of benzene rings is 2. The lowest BCUT2D eigenvalue weighted by Crippen LogP contribution is -2.28. The predicted molar refractivity (Wildman–Crippen MR) is 87.0 cm³/mol. The van der Waals surface area contributed by atoms with E-state index in [1.165, 1.54) is 0 Å². The molecule has 2 N–H and O–H groups in total. The lowest BCUT2D eigenvalue weighted by atomic mass is 10.1. The van der Waals surface area contributed by atoms with Crippen LogP contribution < -0.4 is 10.5 Å². The van der Waals surface area contributed by atoms with Crippen molar-refractivity contribution in [2.75, 3.05) is 13.2 Å². The molecule has 0 amide bonds. The lowest BCUT2D eigenvalue weighted by Gasteiger charge is -2.17. The summed E-state index contributed by atoms with van der Waals surface area (Å²) in [6, 6.07) is 15.8. The molecule has 0 aromatic heterocycles. The maximum atomic E-state index is 13.9. The summed E-state index contributed by atoms with van der Waals surface area (Å²) >= 11 is 0. The zero-order chi connectivity index (χ0) is 15.1. The van der Waals surface area contributed by atoms with Gasteiger partial charge in [-0.2, -0.15) is 0 Å². The second kappa shape index (κ2) is 8.71. The molecular formula is C17H20ClF2NO. The smallest absolute Gasteiger partial charge is 0.285 e. The van der Waals surface area contributed by atoms with Gasteiger partial charge in [0, 0.05) is 6.42 Å². The molecule has 0 radical (unpaired) electrons. The van der Waals surface area contributed by atoms with Crippen LogP contribution in [-0.4, -0.2) is 19.1 Å². The Labute approximate surface area is 135 Å². The summed E-state index contributed by atoms with van der Waals surface area (Å²) in [4.78, 5) is 0. The molecule has 2 aromatic rings. The van der Waals surface area contributed by atoms with Crippen LogP contribution in [0.4, 0.5) is 8.78 Å². The molecule has 2 aromatic carbocycles. The zero-order valence-corrected chi connectivity index (χ0v) is 13.0. The van der Waals surface area contributed by atoms with E-state index in [1.807, 2.05) is 12.1 Å². The van der Waals surface area contributed by atoms with E-state index in [2.05, 4.69) is 0 Å². The maximum absolute atomic E-state index is 13.9. The summed E-state index contributed by atoms with van der Waals surface area (Å²) in [6.07, 6.45) is 0.448. The van der Waals surface area contributed by atoms with Crippen molar-refractivity contribution < 1.29 is 13.5 Å². The molecule has 2 rings (SSSR count). The number of rotatable bonds is 7. The second-order valence-corrected chi connectivity index (χ2v) is 4.99. The molecule has 0 fully saturated rings. The van der Waals surface area contributed by atoms with Crippen molar-refractivity contribution in [1.29, 1.82) is 0 Å². The molecule has 0 unspecified atom stereocenters. The van der Waals surface area contributed by atoms with Gasteiger partial charge in [0.25, 0.3) is 5.92 Å². The van der Waals surface area contributed by atoms with Crippen molar-refractivity contribution >= 4 is 12.4 Å². The molecule has 5 heteroatoms. The van der Waals surface area contributed by atoms with Crippen LogP contribution in [0.5, 0.6) is 5.75 Å². The largest absolute Gasteiger partial charge is 0.487 e. The molecule has 0 aliphatic carbocycles. The SMILES string of the molecule is Cl.NCCc1ccc(OCC(F)(F)Cc2ccccc2)cc1. The Morgan fingerprint density at radius 1 is 0.909 bits per heavy atom. The van der Waals surface area contributed by atoms with E-state index < -0.39 is 12.5 Å². The highest BCUT2D eigenvalue weighted by Gasteiger charge is 2.30. The van der Waals surface area contributed by atoms with Crippen molar-refractivity contribution in [3.63, 3.8) is 0 Å². The molecule has 0 saturated carbocycles. The number of nitrogens with two attached hydrogens (primary N) is 1. The minimum absolute atomic E-state index is 0. The fourth-order valence-electron chi connectivity index (χ4n) is 2.05. The van der Waals surface area contributed by atoms with Crippen LogP contribution in [-0.2, 0) is 12.8 Å². The standard InChI is InChI=1S/C17H19F2NO.ClH/c18-17(19,12-15-4-2-1-3-5-15)13-21-16-8-6-14(7-9-16)10-11-20;/h1-9H,10-13,20H2;1H. The van der Waals surface area contributed by atoms with Crippen molar-refractivity contribution in [2.45, 2.75) is 18.8 Å². The number of hydrogen-bond donors (Lipinski definition) is 1. The molecule has 0 bridgehead atoms. The number of hydrogen-bond acceptors (Lipinski definition) is 2. The predicted octanol–water partition coefficient (Wildman–Crippen LogP) is 3.87. The Kier molecular flexibility index (Phi) is 7.28. The van der Waals surface area contributed by atoms with Gasteiger partial charge in [0.15, 0.2) is 6.61 Å². The van der Waals surface area contributed by atoms with Crippen molar-refractivity contribution in [1.82, 2.24) is 0 Å². The number of ether oxygens (including phenoxy) is 1. The maximum Gasteiger partial charge on any atom is 0.285 e. The topological polar surface area (TPSA) is 35.2 Å². The average Bonchev–Trinajstić information content (AvgIpc) is 2.48. The number of halogens is 3. The Bertz CT molecular complexity index is 546. The third kappa shape index (κ3) is 6.00. The summed E-state index contributed by atoms with van der Waals surface area (Å²) in [7, 11) is 0. The normalized spacial score (nSPS) is 10.9. The highest BCUT2D eigenvalue weighted by atomic mass is 35.5. The summed E-state index contributed by atoms with van der Waals surface area (Å²) < 4.78 is 32.9. The Balaban J connectivity index is 0.00000242. The van der Waals surface area contributed by atoms with Gasteiger partial charge in [-0.3, -0.25) is 0 Å². The summed E-state index contributed by atoms with van der Waals surface area (Å²) in [5.74, 6) is -2.44. The van der Waals surface area contributed by atoms with Gasteiger partial charge in [-0.25, -0.2) is 8.78 Å². The fourth-order valence-corrected chi connectivity index (χ4v) is 2.05. The highest BCUT2D eigenvalue weighted by Crippen LogP contribution is 2.22. The van der Waals surface area contributed by atoms with Crippen molar-refractivity contribution in [3.05, 3.63) is 65.7 Å². The van der Waals surface area contributed by atoms with Crippen LogP contribution in [0.2, 0.25) is 0 Å². The minimum Gasteiger partial charge on any atom is -0.487 e. The van der Waals surface area contributed by atoms with Crippen molar-refractivity contribution in [2.24, 2.45) is 5.73 Å². The van der Waals surface area contributed by atoms with Gasteiger partial charge in [-0.05, 0) is 36.2 Å². The van der Waals surface area contributed by atoms with Gasteiger partial charge >= 0.3 is 0 Å². The second-order valence-electron chi connectivity index (χ2n) is 4.99. The van der Waals surface area contributed by atoms with Gasteiger partial charge in [0.2, 0.25) is 0 Å². The van der Waals surface area contributed by atoms with E-state index in [9.17, 15) is 8.78 Å². The molecule has 0 saturated heterocycles. The van der Waals surface area contributed by atoms with Crippen LogP contribution in [0.3, 0.4) is 0 Å². The molecule has 120 valence electrons. The fraction of sp³-hybridized carbons (Fsp3) is 0.294. The first kappa shape index (κ1) is 18.4. The quantitative estimate of drug-likeness (QED) is 0.838. The Hall–Kier alpha value is -1.65. The highest BCUT2D eigenvalue weighted by molar-refractivity contribution is 5.85. The third-order valence-electron chi connectivity index (χ3n) is 3.11. The molecule has 0 aliphatic heterocycles. The Morgan fingerprint density at radius 2 is 1.55 bits per heavy atom. The van der Waals surface area contributed by atoms with Crippen LogP contribution in [0.25, 0.3) is 0 Å². The summed E-state index contributed by atoms with van der Waals surface area (Å²) in [5, 5.41) is 0. The van der Waals surface area contributed by atoms with Gasteiger partial charge in [-0.1, -0.05) is 42.5 Å². The van der Waals surface area contributed by atoms with Gasteiger partial charge in [0.1, 0.15) is 5.75 Å². The van der Waals surface area contributed by atoms with Gasteiger partial charge in [0.05, 0.1) is 0 Å². The minimum atomic E-state index is -2.89. The van der Waals surface area contributed by atoms with Gasteiger partial charge in [-0.15, -0.1) is 12.4 Å². The molecule has 2 nitrogen and oxygen atoms in total. The third-order valence-corrected chi connectivity index (χ3v) is 3.11. The molecule has 0 heterocycles. The van der Waals surface area contributed by atoms with Crippen LogP contribution >= 0.6 is 12.4 Å². The first-order valence-corrected chi connectivity index (χ1v) is 6.93. The molecule has 0 atom stereocenters. The van der Waals surface area contributed by atoms with Crippen LogP contribution in [0, 0.1) is 0 Å². The first-order valence-electron chi connectivity index (χ1n) is 6.93. The zero-order valence-electron chi connectivity index (χ0n) is 12.2. The first-order chi connectivity index (χ1) is 10.1. The summed E-state index contributed by atoms with van der Waals surface area (Å²) in [6.45, 7) is -0.0620. The molecule has 0 aliphatic rings. The van der Waals surface area contributed by atoms with Gasteiger partial charge < -0.3 is 10.5 Å². The number of alkyl halides is 2. The van der Waals surface area contributed by atoms with Crippen molar-refractivity contribution in [3.8, 4) is 5.75 Å². The molecule has 0 spiro atoms. The van der Waals surface area contributed by atoms with E-state index in [0.29, 0.717) is 17.9 Å². The Morgan fingerprint density at radius 3 is 2.14 bits per heavy atom. The van der Waals surface area contributed by atoms with E-state index >= 15 is 0 Å². The molecular weight excluding hydrogens is 308 g/mol.